The van der Waals surface area contributed by atoms with Gasteiger partial charge in [-0.3, -0.25) is 0 Å². The van der Waals surface area contributed by atoms with Crippen LogP contribution in [0.4, 0.5) is 0 Å². The van der Waals surface area contributed by atoms with Gasteiger partial charge >= 0.3 is 8.32 Å². The molecule has 0 bridgehead atoms. The van der Waals surface area contributed by atoms with Crippen molar-refractivity contribution in [3.8, 4) is 11.5 Å². The van der Waals surface area contributed by atoms with Crippen molar-refractivity contribution < 1.29 is 9.16 Å². The molecule has 0 saturated heterocycles. The van der Waals surface area contributed by atoms with Gasteiger partial charge in [-0.2, -0.15) is 0 Å². The summed E-state index contributed by atoms with van der Waals surface area (Å²) in [4.78, 5) is 0. The lowest BCUT2D eigenvalue weighted by molar-refractivity contribution is 0.388. The maximum atomic E-state index is 6.97. The molecule has 0 fully saturated rings. The summed E-state index contributed by atoms with van der Waals surface area (Å²) in [7, 11) is -0.930. The summed E-state index contributed by atoms with van der Waals surface area (Å²) in [5.41, 5.74) is 0. The van der Waals surface area contributed by atoms with E-state index in [0.717, 1.165) is 11.5 Å². The van der Waals surface area contributed by atoms with Crippen LogP contribution >= 0.6 is 0 Å². The van der Waals surface area contributed by atoms with Crippen LogP contribution in [0.2, 0.25) is 5.04 Å². The predicted molar refractivity (Wildman–Crippen MR) is 111 cm³/mol. The molecular weight excluding hydrogens is 336 g/mol. The van der Waals surface area contributed by atoms with Gasteiger partial charge in [-0.1, -0.05) is 93.6 Å². The largest absolute Gasteiger partial charge is 0.531 e. The average molecular weight is 363 g/mol. The van der Waals surface area contributed by atoms with Crippen molar-refractivity contribution in [1.82, 2.24) is 0 Å². The van der Waals surface area contributed by atoms with Crippen LogP contribution in [0.15, 0.2) is 84.9 Å². The first kappa shape index (κ1) is 18.3. The molecule has 2 nitrogen and oxygen atoms in total. The smallest absolute Gasteiger partial charge is 0.320 e. The van der Waals surface area contributed by atoms with Crippen molar-refractivity contribution in [3.63, 3.8) is 0 Å². The maximum absolute atomic E-state index is 6.97. The van der Waals surface area contributed by atoms with Crippen LogP contribution in [-0.2, 0) is 0 Å². The Bertz CT molecular complexity index is 799. The van der Waals surface area contributed by atoms with E-state index in [9.17, 15) is 0 Å². The van der Waals surface area contributed by atoms with Gasteiger partial charge < -0.3 is 9.16 Å². The normalized spacial score (nSPS) is 11.8. The van der Waals surface area contributed by atoms with Crippen LogP contribution in [0.5, 0.6) is 11.5 Å². The standard InChI is InChI=1S/C23H26O2Si/c1-23(2,3)26(19-13-7-5-8-14-19,20-15-9-6-10-16-20)25-22-18-12-11-17-21(22)24-4/h5-18H,1-4H3. The zero-order valence-electron chi connectivity index (χ0n) is 15.9. The monoisotopic (exact) mass is 362 g/mol. The lowest BCUT2D eigenvalue weighted by atomic mass is 10.2. The van der Waals surface area contributed by atoms with Crippen molar-refractivity contribution in [1.29, 1.82) is 0 Å². The van der Waals surface area contributed by atoms with Crippen LogP contribution in [0.25, 0.3) is 0 Å². The number of hydrogen-bond donors (Lipinski definition) is 0. The number of methoxy groups -OCH3 is 1. The van der Waals surface area contributed by atoms with Crippen LogP contribution in [-0.4, -0.2) is 15.4 Å². The fourth-order valence-electron chi connectivity index (χ4n) is 3.52. The summed E-state index contributed by atoms with van der Waals surface area (Å²) in [5.74, 6) is 1.56. The van der Waals surface area contributed by atoms with Gasteiger partial charge in [0.15, 0.2) is 5.75 Å². The van der Waals surface area contributed by atoms with E-state index in [1.165, 1.54) is 10.4 Å². The van der Waals surface area contributed by atoms with E-state index in [1.807, 2.05) is 24.3 Å². The minimum Gasteiger partial charge on any atom is -0.531 e. The van der Waals surface area contributed by atoms with Gasteiger partial charge in [-0.25, -0.2) is 0 Å². The van der Waals surface area contributed by atoms with Gasteiger partial charge in [0.1, 0.15) is 5.75 Å². The molecule has 0 aliphatic carbocycles. The molecule has 0 atom stereocenters. The highest BCUT2D eigenvalue weighted by Gasteiger charge is 2.52. The van der Waals surface area contributed by atoms with Crippen molar-refractivity contribution in [2.75, 3.05) is 7.11 Å². The van der Waals surface area contributed by atoms with Gasteiger partial charge in [0.2, 0.25) is 0 Å². The summed E-state index contributed by atoms with van der Waals surface area (Å²) in [6.07, 6.45) is 0. The lowest BCUT2D eigenvalue weighted by Gasteiger charge is -2.43. The van der Waals surface area contributed by atoms with Crippen LogP contribution < -0.4 is 19.5 Å². The van der Waals surface area contributed by atoms with E-state index in [0.29, 0.717) is 0 Å². The Kier molecular flexibility index (Phi) is 5.19. The van der Waals surface area contributed by atoms with Crippen molar-refractivity contribution in [2.24, 2.45) is 0 Å². The Hall–Kier alpha value is -2.52. The number of rotatable bonds is 5. The van der Waals surface area contributed by atoms with Gasteiger partial charge in [0.25, 0.3) is 0 Å². The summed E-state index contributed by atoms with van der Waals surface area (Å²) in [5, 5.41) is 2.44. The second-order valence-electron chi connectivity index (χ2n) is 7.42. The quantitative estimate of drug-likeness (QED) is 0.616. The van der Waals surface area contributed by atoms with E-state index >= 15 is 0 Å². The summed E-state index contributed by atoms with van der Waals surface area (Å²) >= 11 is 0. The molecule has 0 amide bonds. The van der Waals surface area contributed by atoms with Gasteiger partial charge in [0.05, 0.1) is 7.11 Å². The van der Waals surface area contributed by atoms with Crippen molar-refractivity contribution in [3.05, 3.63) is 84.9 Å². The average Bonchev–Trinajstić information content (AvgIpc) is 2.67. The Labute approximate surface area is 157 Å². The third-order valence-electron chi connectivity index (χ3n) is 4.75. The highest BCUT2D eigenvalue weighted by Crippen LogP contribution is 2.39. The molecule has 0 N–H and O–H groups in total. The van der Waals surface area contributed by atoms with Crippen molar-refractivity contribution >= 4 is 18.7 Å². The Morgan fingerprint density at radius 2 is 1.04 bits per heavy atom. The second-order valence-corrected chi connectivity index (χ2v) is 11.6. The number of benzene rings is 3. The molecule has 134 valence electrons. The number of ether oxygens (including phenoxy) is 1. The van der Waals surface area contributed by atoms with Crippen molar-refractivity contribution in [2.45, 2.75) is 25.8 Å². The van der Waals surface area contributed by atoms with Crippen LogP contribution in [0.3, 0.4) is 0 Å². The van der Waals surface area contributed by atoms with E-state index in [4.69, 9.17) is 9.16 Å². The molecule has 0 aliphatic heterocycles. The third kappa shape index (κ3) is 3.27. The molecule has 0 heterocycles. The van der Waals surface area contributed by atoms with Gasteiger partial charge in [-0.05, 0) is 27.5 Å². The molecule has 0 aromatic heterocycles. The van der Waals surface area contributed by atoms with E-state index in [-0.39, 0.29) is 5.04 Å². The van der Waals surface area contributed by atoms with E-state index in [1.54, 1.807) is 7.11 Å². The number of hydrogen-bond acceptors (Lipinski definition) is 2. The lowest BCUT2D eigenvalue weighted by Crippen LogP contribution is -2.68. The fraction of sp³-hybridized carbons (Fsp3) is 0.217. The summed E-state index contributed by atoms with van der Waals surface area (Å²) < 4.78 is 12.5. The third-order valence-corrected chi connectivity index (χ3v) is 9.68. The molecule has 3 rings (SSSR count). The molecule has 0 aliphatic rings. The molecule has 0 unspecified atom stereocenters. The highest BCUT2D eigenvalue weighted by molar-refractivity contribution is 7.00. The van der Waals surface area contributed by atoms with E-state index < -0.39 is 8.32 Å². The maximum Gasteiger partial charge on any atom is 0.320 e. The molecule has 3 aromatic rings. The molecule has 3 aromatic carbocycles. The highest BCUT2D eigenvalue weighted by atomic mass is 28.4. The summed E-state index contributed by atoms with van der Waals surface area (Å²) in [6, 6.07) is 29.2. The Balaban J connectivity index is 2.28. The first-order valence-corrected chi connectivity index (χ1v) is 10.8. The fourth-order valence-corrected chi connectivity index (χ4v) is 7.95. The topological polar surface area (TPSA) is 18.5 Å². The first-order chi connectivity index (χ1) is 12.5. The molecule has 0 spiro atoms. The SMILES string of the molecule is COc1ccccc1O[Si](c1ccccc1)(c1ccccc1)C(C)(C)C. The minimum atomic E-state index is -2.62. The first-order valence-electron chi connectivity index (χ1n) is 8.92. The molecule has 0 radical (unpaired) electrons. The zero-order valence-corrected chi connectivity index (χ0v) is 16.9. The predicted octanol–water partition coefficient (Wildman–Crippen LogP) is 4.63. The van der Waals surface area contributed by atoms with Gasteiger partial charge in [-0.15, -0.1) is 0 Å². The van der Waals surface area contributed by atoms with Gasteiger partial charge in [0, 0.05) is 0 Å². The van der Waals surface area contributed by atoms with Crippen LogP contribution in [0, 0.1) is 0 Å². The molecular formula is C23H26O2Si. The van der Waals surface area contributed by atoms with Crippen LogP contribution in [0.1, 0.15) is 20.8 Å². The number of para-hydroxylation sites is 2. The zero-order chi connectivity index (χ0) is 18.6. The molecule has 0 saturated carbocycles. The molecule has 3 heteroatoms. The minimum absolute atomic E-state index is 0.0729. The Morgan fingerprint density at radius 3 is 1.46 bits per heavy atom. The Morgan fingerprint density at radius 1 is 0.615 bits per heavy atom. The van der Waals surface area contributed by atoms with E-state index in [2.05, 4.69) is 81.4 Å². The molecule has 26 heavy (non-hydrogen) atoms. The second kappa shape index (κ2) is 7.38. The summed E-state index contributed by atoms with van der Waals surface area (Å²) in [6.45, 7) is 6.82.